The van der Waals surface area contributed by atoms with Gasteiger partial charge >= 0.3 is 0 Å². The van der Waals surface area contributed by atoms with Crippen molar-refractivity contribution in [3.05, 3.63) is 95.4 Å². The summed E-state index contributed by atoms with van der Waals surface area (Å²) < 4.78 is 0. The maximum Gasteiger partial charge on any atom is 0.184 e. The maximum absolute atomic E-state index is 12.6. The van der Waals surface area contributed by atoms with Gasteiger partial charge in [-0.05, 0) is 49.0 Å². The number of hydrogen-bond acceptors (Lipinski definition) is 3. The molecule has 2 nitrogen and oxygen atoms in total. The average Bonchev–Trinajstić information content (AvgIpc) is 2.84. The van der Waals surface area contributed by atoms with E-state index in [0.29, 0.717) is 5.56 Å². The number of carbonyl (C=O) groups is 1. The van der Waals surface area contributed by atoms with Gasteiger partial charge in [0, 0.05) is 21.1 Å². The van der Waals surface area contributed by atoms with E-state index in [2.05, 4.69) is 56.0 Å². The highest BCUT2D eigenvalue weighted by molar-refractivity contribution is 8.03. The molecule has 0 heterocycles. The molecule has 32 heavy (non-hydrogen) atoms. The largest absolute Gasteiger partial charge is 0.292 e. The fourth-order valence-electron chi connectivity index (χ4n) is 3.62. The van der Waals surface area contributed by atoms with E-state index in [1.165, 1.54) is 29.1 Å². The number of aliphatic imine (C=N–C) groups is 1. The van der Waals surface area contributed by atoms with E-state index in [0.717, 1.165) is 42.5 Å². The van der Waals surface area contributed by atoms with Crippen LogP contribution in [0.3, 0.4) is 0 Å². The molecule has 0 saturated heterocycles. The number of Topliss-reactive ketones (excluding diaryl/α,β-unsaturated/α-hetero) is 1. The Morgan fingerprint density at radius 3 is 2.44 bits per heavy atom. The van der Waals surface area contributed by atoms with Gasteiger partial charge in [-0.2, -0.15) is 0 Å². The van der Waals surface area contributed by atoms with E-state index in [-0.39, 0.29) is 12.3 Å². The quantitative estimate of drug-likeness (QED) is 0.187. The molecule has 166 valence electrons. The zero-order valence-corrected chi connectivity index (χ0v) is 19.9. The molecule has 0 aromatic heterocycles. The molecule has 0 saturated carbocycles. The third-order valence-corrected chi connectivity index (χ3v) is 6.57. The standard InChI is InChI=1S/C29H33NOS/c1-3-4-5-12-17-28(30-22-29(31)25-13-8-6-9-14-25)23(2)24-18-20-27(21-19-24)32-26-15-10-7-11-16-26/h6,8-10,13-16,18-21H,2-5,7,11-12,17,22H2,1H3. The number of benzene rings is 2. The van der Waals surface area contributed by atoms with Gasteiger partial charge in [0.15, 0.2) is 5.78 Å². The highest BCUT2D eigenvalue weighted by Gasteiger charge is 2.11. The third kappa shape index (κ3) is 7.49. The van der Waals surface area contributed by atoms with E-state index in [1.807, 2.05) is 30.3 Å². The number of unbranched alkanes of at least 4 members (excludes halogenated alkanes) is 3. The van der Waals surface area contributed by atoms with E-state index in [4.69, 9.17) is 4.99 Å². The van der Waals surface area contributed by atoms with Crippen molar-refractivity contribution in [2.45, 2.75) is 56.8 Å². The van der Waals surface area contributed by atoms with Crippen molar-refractivity contribution < 1.29 is 4.79 Å². The van der Waals surface area contributed by atoms with Gasteiger partial charge in [0.05, 0.1) is 0 Å². The van der Waals surface area contributed by atoms with Gasteiger partial charge in [-0.3, -0.25) is 9.79 Å². The van der Waals surface area contributed by atoms with Crippen LogP contribution in [0.25, 0.3) is 5.57 Å². The Balaban J connectivity index is 1.69. The molecule has 0 spiro atoms. The van der Waals surface area contributed by atoms with Gasteiger partial charge < -0.3 is 0 Å². The number of carbonyl (C=O) groups excluding carboxylic acids is 1. The van der Waals surface area contributed by atoms with Crippen LogP contribution in [0.15, 0.2) is 94.2 Å². The molecule has 0 bridgehead atoms. The van der Waals surface area contributed by atoms with Crippen LogP contribution in [0.4, 0.5) is 0 Å². The summed E-state index contributed by atoms with van der Waals surface area (Å²) >= 11 is 1.79. The van der Waals surface area contributed by atoms with Gasteiger partial charge in [-0.15, -0.1) is 0 Å². The van der Waals surface area contributed by atoms with Gasteiger partial charge in [-0.1, -0.05) is 105 Å². The predicted octanol–water partition coefficient (Wildman–Crippen LogP) is 8.32. The molecule has 0 atom stereocenters. The summed E-state index contributed by atoms with van der Waals surface area (Å²) in [6.45, 7) is 6.73. The number of ketones is 1. The van der Waals surface area contributed by atoms with E-state index in [9.17, 15) is 4.79 Å². The van der Waals surface area contributed by atoms with Crippen molar-refractivity contribution >= 4 is 28.8 Å². The van der Waals surface area contributed by atoms with Gasteiger partial charge in [0.2, 0.25) is 0 Å². The molecule has 3 rings (SSSR count). The van der Waals surface area contributed by atoms with Crippen molar-refractivity contribution in [3.8, 4) is 0 Å². The first-order valence-corrected chi connectivity index (χ1v) is 12.4. The Kier molecular flexibility index (Phi) is 9.77. The number of nitrogens with zero attached hydrogens (tertiary/aromatic N) is 1. The first kappa shape index (κ1) is 24.0. The summed E-state index contributed by atoms with van der Waals surface area (Å²) in [6, 6.07) is 17.9. The Morgan fingerprint density at radius 1 is 0.969 bits per heavy atom. The smallest absolute Gasteiger partial charge is 0.184 e. The second-order valence-corrected chi connectivity index (χ2v) is 9.20. The van der Waals surface area contributed by atoms with Crippen molar-refractivity contribution in [2.75, 3.05) is 6.54 Å². The monoisotopic (exact) mass is 443 g/mol. The Hall–Kier alpha value is -2.65. The Labute approximate surface area is 197 Å². The molecule has 1 aliphatic rings. The zero-order valence-electron chi connectivity index (χ0n) is 19.1. The van der Waals surface area contributed by atoms with Crippen molar-refractivity contribution in [1.29, 1.82) is 0 Å². The summed E-state index contributed by atoms with van der Waals surface area (Å²) in [6.07, 6.45) is 14.5. The van der Waals surface area contributed by atoms with Crippen molar-refractivity contribution in [2.24, 2.45) is 4.99 Å². The second-order valence-electron chi connectivity index (χ2n) is 8.05. The van der Waals surface area contributed by atoms with E-state index in [1.54, 1.807) is 11.8 Å². The first-order valence-electron chi connectivity index (χ1n) is 11.6. The van der Waals surface area contributed by atoms with Crippen molar-refractivity contribution in [1.82, 2.24) is 0 Å². The van der Waals surface area contributed by atoms with E-state index >= 15 is 0 Å². The molecule has 0 aliphatic heterocycles. The van der Waals surface area contributed by atoms with Crippen LogP contribution in [0.1, 0.15) is 67.8 Å². The Morgan fingerprint density at radius 2 is 1.75 bits per heavy atom. The zero-order chi connectivity index (χ0) is 22.6. The lowest BCUT2D eigenvalue weighted by Crippen LogP contribution is -2.09. The van der Waals surface area contributed by atoms with Crippen LogP contribution in [0.2, 0.25) is 0 Å². The van der Waals surface area contributed by atoms with Crippen LogP contribution >= 0.6 is 11.8 Å². The normalized spacial score (nSPS) is 13.7. The summed E-state index contributed by atoms with van der Waals surface area (Å²) in [5.41, 5.74) is 3.66. The first-order chi connectivity index (χ1) is 15.7. The summed E-state index contributed by atoms with van der Waals surface area (Å²) in [4.78, 5) is 19.8. The van der Waals surface area contributed by atoms with E-state index < -0.39 is 0 Å². The van der Waals surface area contributed by atoms with Crippen LogP contribution in [0, 0.1) is 0 Å². The average molecular weight is 444 g/mol. The highest BCUT2D eigenvalue weighted by Crippen LogP contribution is 2.31. The number of thioether (sulfide) groups is 1. The fraction of sp³-hybridized carbons (Fsp3) is 0.310. The minimum absolute atomic E-state index is 0.0463. The second kappa shape index (κ2) is 13.0. The molecule has 3 heteroatoms. The van der Waals surface area contributed by atoms with Crippen molar-refractivity contribution in [3.63, 3.8) is 0 Å². The van der Waals surface area contributed by atoms with Crippen LogP contribution < -0.4 is 0 Å². The maximum atomic E-state index is 12.6. The Bertz CT molecular complexity index is 984. The fourth-order valence-corrected chi connectivity index (χ4v) is 4.53. The van der Waals surface area contributed by atoms with Crippen LogP contribution in [-0.2, 0) is 0 Å². The molecule has 0 amide bonds. The highest BCUT2D eigenvalue weighted by atomic mass is 32.2. The lowest BCUT2D eigenvalue weighted by atomic mass is 9.98. The van der Waals surface area contributed by atoms with Crippen LogP contribution in [-0.4, -0.2) is 18.0 Å². The summed E-state index contributed by atoms with van der Waals surface area (Å²) in [5.74, 6) is 0.0463. The lowest BCUT2D eigenvalue weighted by Gasteiger charge is -2.12. The minimum Gasteiger partial charge on any atom is -0.292 e. The predicted molar refractivity (Wildman–Crippen MR) is 140 cm³/mol. The van der Waals surface area contributed by atoms with Crippen LogP contribution in [0.5, 0.6) is 0 Å². The van der Waals surface area contributed by atoms with Gasteiger partial charge in [0.1, 0.15) is 6.54 Å². The summed E-state index contributed by atoms with van der Waals surface area (Å²) in [5, 5.41) is 0. The molecule has 0 unspecified atom stereocenters. The molecule has 0 fully saturated rings. The molecule has 0 N–H and O–H groups in total. The topological polar surface area (TPSA) is 29.4 Å². The number of rotatable bonds is 12. The molecule has 0 radical (unpaired) electrons. The molecule has 2 aromatic carbocycles. The lowest BCUT2D eigenvalue weighted by molar-refractivity contribution is 0.100. The van der Waals surface area contributed by atoms with Gasteiger partial charge in [-0.25, -0.2) is 0 Å². The molecule has 2 aromatic rings. The minimum atomic E-state index is 0.0463. The molecular formula is C29H33NOS. The summed E-state index contributed by atoms with van der Waals surface area (Å²) in [7, 11) is 0. The molecular weight excluding hydrogens is 410 g/mol. The third-order valence-electron chi connectivity index (χ3n) is 5.52. The number of hydrogen-bond donors (Lipinski definition) is 0. The molecule has 1 aliphatic carbocycles. The number of allylic oxidation sites excluding steroid dienone is 4. The van der Waals surface area contributed by atoms with Gasteiger partial charge in [0.25, 0.3) is 0 Å². The SMILES string of the molecule is C=C(C(CCCCCC)=NCC(=O)c1ccccc1)c1ccc(SC2=CCCC=C2)cc1.